The number of thiophene rings is 1. The van der Waals surface area contributed by atoms with Gasteiger partial charge in [0.15, 0.2) is 0 Å². The molecule has 12 heteroatoms. The highest BCUT2D eigenvalue weighted by Crippen LogP contribution is 2.23. The van der Waals surface area contributed by atoms with Crippen molar-refractivity contribution in [1.29, 1.82) is 0 Å². The number of aromatic nitrogens is 3. The van der Waals surface area contributed by atoms with E-state index in [0.717, 1.165) is 16.3 Å². The highest BCUT2D eigenvalue weighted by molar-refractivity contribution is 7.89. The lowest BCUT2D eigenvalue weighted by Crippen LogP contribution is -2.50. The van der Waals surface area contributed by atoms with Crippen molar-refractivity contribution in [3.05, 3.63) is 70.6 Å². The first kappa shape index (κ1) is 26.7. The lowest BCUT2D eigenvalue weighted by Gasteiger charge is -2.35. The fraction of sp³-hybridized carbons (Fsp3) is 0.360. The van der Waals surface area contributed by atoms with Crippen LogP contribution in [0.25, 0.3) is 0 Å². The first-order valence-corrected chi connectivity index (χ1v) is 14.4. The maximum Gasteiger partial charge on any atom is 0.233 e. The number of carbonyl (C=O) groups excluding carboxylic acids is 1. The minimum atomic E-state index is -3.58. The zero-order valence-corrected chi connectivity index (χ0v) is 21.8. The summed E-state index contributed by atoms with van der Waals surface area (Å²) < 4.78 is 28.1. The quantitative estimate of drug-likeness (QED) is 0.180. The molecule has 1 aliphatic rings. The number of anilines is 1. The second-order valence-electron chi connectivity index (χ2n) is 8.51. The molecule has 10 nitrogen and oxygen atoms in total. The molecule has 194 valence electrons. The number of hydrogen-bond donors (Lipinski definition) is 1. The summed E-state index contributed by atoms with van der Waals surface area (Å²) in [6.45, 7) is 1.86. The third-order valence-electron chi connectivity index (χ3n) is 5.98. The van der Waals surface area contributed by atoms with Gasteiger partial charge in [-0.25, -0.2) is 28.4 Å². The fourth-order valence-electron chi connectivity index (χ4n) is 4.05. The molecule has 1 aliphatic heterocycles. The van der Waals surface area contributed by atoms with Crippen LogP contribution in [0.2, 0.25) is 0 Å². The molecule has 0 aromatic carbocycles. The Morgan fingerprint density at radius 1 is 1.08 bits per heavy atom. The molecule has 0 saturated carbocycles. The summed E-state index contributed by atoms with van der Waals surface area (Å²) in [6.07, 6.45) is 6.06. The summed E-state index contributed by atoms with van der Waals surface area (Å²) in [7, 11) is -3.58. The molecule has 3 aromatic rings. The lowest BCUT2D eigenvalue weighted by molar-refractivity contribution is -0.149. The van der Waals surface area contributed by atoms with Crippen molar-refractivity contribution in [2.45, 2.75) is 18.8 Å². The Hall–Kier alpha value is -3.37. The summed E-state index contributed by atoms with van der Waals surface area (Å²) in [5, 5.41) is 11.9. The van der Waals surface area contributed by atoms with Crippen LogP contribution in [0.1, 0.15) is 35.0 Å². The van der Waals surface area contributed by atoms with E-state index in [2.05, 4.69) is 31.7 Å². The van der Waals surface area contributed by atoms with Crippen LogP contribution >= 0.6 is 11.3 Å². The Morgan fingerprint density at radius 3 is 2.51 bits per heavy atom. The smallest absolute Gasteiger partial charge is 0.233 e. The van der Waals surface area contributed by atoms with Gasteiger partial charge in [0.05, 0.1) is 10.6 Å². The molecule has 1 N–H and O–H groups in total. The van der Waals surface area contributed by atoms with Crippen molar-refractivity contribution < 1.29 is 18.4 Å². The zero-order valence-electron chi connectivity index (χ0n) is 20.2. The molecular formula is C25H28N6O4S2. The minimum absolute atomic E-state index is 0.108. The van der Waals surface area contributed by atoms with Gasteiger partial charge in [-0.3, -0.25) is 10.0 Å². The number of amides is 1. The van der Waals surface area contributed by atoms with E-state index >= 15 is 0 Å². The molecule has 37 heavy (non-hydrogen) atoms. The molecule has 1 atom stereocenters. The number of piperazine rings is 1. The summed E-state index contributed by atoms with van der Waals surface area (Å²) in [4.78, 5) is 26.7. The van der Waals surface area contributed by atoms with Crippen molar-refractivity contribution in [3.63, 3.8) is 0 Å². The van der Waals surface area contributed by atoms with E-state index in [1.54, 1.807) is 36.0 Å². The van der Waals surface area contributed by atoms with Crippen molar-refractivity contribution in [2.24, 2.45) is 0 Å². The Morgan fingerprint density at radius 2 is 1.86 bits per heavy atom. The molecule has 1 saturated heterocycles. The first-order valence-electron chi connectivity index (χ1n) is 11.9. The third-order valence-corrected chi connectivity index (χ3v) is 8.74. The molecule has 1 unspecified atom stereocenters. The van der Waals surface area contributed by atoms with Gasteiger partial charge in [-0.15, -0.1) is 11.3 Å². The van der Waals surface area contributed by atoms with Crippen LogP contribution in [-0.2, 0) is 14.8 Å². The minimum Gasteiger partial charge on any atom is -0.354 e. The van der Waals surface area contributed by atoms with E-state index in [0.29, 0.717) is 56.3 Å². The number of pyridine rings is 1. The number of hydroxylamine groups is 2. The lowest BCUT2D eigenvalue weighted by atomic mass is 10.0. The van der Waals surface area contributed by atoms with Gasteiger partial charge in [-0.1, -0.05) is 17.9 Å². The molecular weight excluding hydrogens is 512 g/mol. The molecule has 0 bridgehead atoms. The number of sulfonamides is 1. The SMILES string of the molecule is O=CN(O)CCCC(CS(=O)(=O)N1CCN(c2ccc(C#Cc3cccs3)cn2)CC1)c1ncccn1. The third kappa shape index (κ3) is 7.56. The van der Waals surface area contributed by atoms with Gasteiger partial charge >= 0.3 is 0 Å². The predicted molar refractivity (Wildman–Crippen MR) is 141 cm³/mol. The maximum atomic E-state index is 13.3. The molecule has 1 amide bonds. The average Bonchev–Trinajstić information content (AvgIpc) is 3.46. The summed E-state index contributed by atoms with van der Waals surface area (Å²) in [5.74, 6) is 6.86. The van der Waals surface area contributed by atoms with Gasteiger partial charge in [0, 0.05) is 62.8 Å². The van der Waals surface area contributed by atoms with Crippen molar-refractivity contribution in [1.82, 2.24) is 24.3 Å². The highest BCUT2D eigenvalue weighted by atomic mass is 32.2. The number of hydrogen-bond acceptors (Lipinski definition) is 9. The van der Waals surface area contributed by atoms with Gasteiger partial charge in [0.1, 0.15) is 11.6 Å². The van der Waals surface area contributed by atoms with Gasteiger partial charge in [-0.05, 0) is 42.5 Å². The summed E-state index contributed by atoms with van der Waals surface area (Å²) >= 11 is 1.59. The predicted octanol–water partition coefficient (Wildman–Crippen LogP) is 2.20. The van der Waals surface area contributed by atoms with Crippen LogP contribution in [-0.4, -0.2) is 82.8 Å². The van der Waals surface area contributed by atoms with E-state index in [-0.39, 0.29) is 12.3 Å². The molecule has 3 aromatic heterocycles. The van der Waals surface area contributed by atoms with E-state index < -0.39 is 15.9 Å². The second-order valence-corrected chi connectivity index (χ2v) is 11.5. The standard InChI is InChI=1S/C25H28N6O4S2/c32-20-30(33)12-1-4-22(25-26-10-3-11-27-25)19-37(34,35)31-15-13-29(14-16-31)24-9-7-21(18-28-24)6-8-23-5-2-17-36-23/h2-3,5,7,9-11,17-18,20,22,33H,1,4,12-16,19H2. The molecule has 4 rings (SSSR count). The van der Waals surface area contributed by atoms with Crippen LogP contribution in [0.5, 0.6) is 0 Å². The zero-order chi connectivity index (χ0) is 26.1. The van der Waals surface area contributed by atoms with Gasteiger partial charge in [0.25, 0.3) is 0 Å². The van der Waals surface area contributed by atoms with Crippen LogP contribution < -0.4 is 4.90 Å². The number of nitrogens with zero attached hydrogens (tertiary/aromatic N) is 6. The number of rotatable bonds is 10. The molecule has 0 radical (unpaired) electrons. The monoisotopic (exact) mass is 540 g/mol. The van der Waals surface area contributed by atoms with Gasteiger partial charge in [-0.2, -0.15) is 4.31 Å². The van der Waals surface area contributed by atoms with E-state index in [4.69, 9.17) is 0 Å². The van der Waals surface area contributed by atoms with Crippen molar-refractivity contribution >= 4 is 33.6 Å². The van der Waals surface area contributed by atoms with Crippen LogP contribution in [0, 0.1) is 11.8 Å². The van der Waals surface area contributed by atoms with Crippen LogP contribution in [0.4, 0.5) is 5.82 Å². The maximum absolute atomic E-state index is 13.3. The van der Waals surface area contributed by atoms with Crippen molar-refractivity contribution in [2.75, 3.05) is 43.4 Å². The molecule has 4 heterocycles. The van der Waals surface area contributed by atoms with Gasteiger partial charge in [0.2, 0.25) is 16.4 Å². The Labute approximate surface area is 220 Å². The Bertz CT molecular complexity index is 1300. The number of carbonyl (C=O) groups is 1. The summed E-state index contributed by atoms with van der Waals surface area (Å²) in [6, 6.07) is 9.44. The highest BCUT2D eigenvalue weighted by Gasteiger charge is 2.31. The second kappa shape index (κ2) is 12.7. The molecule has 0 spiro atoms. The normalized spacial score (nSPS) is 15.0. The van der Waals surface area contributed by atoms with Crippen LogP contribution in [0.3, 0.4) is 0 Å². The van der Waals surface area contributed by atoms with E-state index in [9.17, 15) is 18.4 Å². The molecule has 0 aliphatic carbocycles. The Balaban J connectivity index is 1.35. The summed E-state index contributed by atoms with van der Waals surface area (Å²) in [5.41, 5.74) is 0.824. The van der Waals surface area contributed by atoms with E-state index in [1.165, 1.54) is 4.31 Å². The Kier molecular flexibility index (Phi) is 9.19. The topological polar surface area (TPSA) is 120 Å². The van der Waals surface area contributed by atoms with Gasteiger partial charge < -0.3 is 4.90 Å². The fourth-order valence-corrected chi connectivity index (χ4v) is 6.37. The first-order chi connectivity index (χ1) is 17.9. The van der Waals surface area contributed by atoms with Crippen molar-refractivity contribution in [3.8, 4) is 11.8 Å². The largest absolute Gasteiger partial charge is 0.354 e. The molecule has 1 fully saturated rings. The average molecular weight is 541 g/mol. The van der Waals surface area contributed by atoms with E-state index in [1.807, 2.05) is 29.6 Å². The van der Waals surface area contributed by atoms with Crippen LogP contribution in [0.15, 0.2) is 54.3 Å².